The van der Waals surface area contributed by atoms with Crippen LogP contribution in [0.4, 0.5) is 22.7 Å². The standard InChI is InChI=1S/C19H12Cl2N4O7S/c20-11-5-7-12(8-6-11)23-33(31,32)18-9-13(14(21)10-17(18)25(29)30)19(26)22-15-3-1-2-4-16(15)24(27)28/h1-10,23H,(H,22,26). The van der Waals surface area contributed by atoms with Gasteiger partial charge in [0, 0.05) is 22.8 Å². The molecule has 11 nitrogen and oxygen atoms in total. The van der Waals surface area contributed by atoms with E-state index < -0.39 is 52.6 Å². The number of hydrogen-bond donors (Lipinski definition) is 2. The smallest absolute Gasteiger partial charge is 0.292 e. The Hall–Kier alpha value is -3.74. The molecule has 0 fully saturated rings. The van der Waals surface area contributed by atoms with Crippen LogP contribution >= 0.6 is 23.2 Å². The zero-order chi connectivity index (χ0) is 24.3. The quantitative estimate of drug-likeness (QED) is 0.338. The van der Waals surface area contributed by atoms with Gasteiger partial charge in [0.05, 0.1) is 20.4 Å². The number of para-hydroxylation sites is 2. The van der Waals surface area contributed by atoms with Crippen molar-refractivity contribution < 1.29 is 23.1 Å². The molecule has 2 N–H and O–H groups in total. The van der Waals surface area contributed by atoms with Gasteiger partial charge in [0.2, 0.25) is 0 Å². The van der Waals surface area contributed by atoms with Gasteiger partial charge in [0.1, 0.15) is 5.69 Å². The zero-order valence-corrected chi connectivity index (χ0v) is 18.5. The van der Waals surface area contributed by atoms with Crippen LogP contribution in [-0.4, -0.2) is 24.2 Å². The summed E-state index contributed by atoms with van der Waals surface area (Å²) in [6.07, 6.45) is 0. The molecule has 0 bridgehead atoms. The van der Waals surface area contributed by atoms with Crippen molar-refractivity contribution in [1.82, 2.24) is 0 Å². The van der Waals surface area contributed by atoms with Crippen LogP contribution in [-0.2, 0) is 10.0 Å². The molecule has 170 valence electrons. The van der Waals surface area contributed by atoms with Gasteiger partial charge in [-0.25, -0.2) is 8.42 Å². The summed E-state index contributed by atoms with van der Waals surface area (Å²) >= 11 is 11.8. The second-order valence-corrected chi connectivity index (χ2v) is 8.89. The van der Waals surface area contributed by atoms with E-state index in [-0.39, 0.29) is 11.4 Å². The van der Waals surface area contributed by atoms with E-state index in [1.165, 1.54) is 42.5 Å². The van der Waals surface area contributed by atoms with E-state index in [4.69, 9.17) is 23.2 Å². The summed E-state index contributed by atoms with van der Waals surface area (Å²) in [7, 11) is -4.55. The van der Waals surface area contributed by atoms with Crippen LogP contribution in [0.15, 0.2) is 65.6 Å². The third kappa shape index (κ3) is 5.37. The van der Waals surface area contributed by atoms with Gasteiger partial charge in [-0.05, 0) is 36.4 Å². The van der Waals surface area contributed by atoms with Gasteiger partial charge in [-0.2, -0.15) is 0 Å². The molecule has 3 aromatic rings. The van der Waals surface area contributed by atoms with Crippen LogP contribution in [0.1, 0.15) is 10.4 Å². The van der Waals surface area contributed by atoms with Crippen molar-refractivity contribution in [2.45, 2.75) is 4.90 Å². The second kappa shape index (κ2) is 9.40. The number of nitro benzene ring substituents is 2. The van der Waals surface area contributed by atoms with Crippen LogP contribution in [0, 0.1) is 20.2 Å². The molecular formula is C19H12Cl2N4O7S. The number of anilines is 2. The lowest BCUT2D eigenvalue weighted by atomic mass is 10.1. The fraction of sp³-hybridized carbons (Fsp3) is 0. The normalized spacial score (nSPS) is 11.0. The Morgan fingerprint density at radius 3 is 2.09 bits per heavy atom. The molecule has 33 heavy (non-hydrogen) atoms. The Balaban J connectivity index is 2.05. The summed E-state index contributed by atoms with van der Waals surface area (Å²) in [4.78, 5) is 32.9. The van der Waals surface area contributed by atoms with E-state index in [1.807, 2.05) is 0 Å². The molecule has 0 radical (unpaired) electrons. The van der Waals surface area contributed by atoms with Crippen LogP contribution < -0.4 is 10.0 Å². The zero-order valence-electron chi connectivity index (χ0n) is 16.2. The number of carbonyl (C=O) groups is 1. The number of benzene rings is 3. The fourth-order valence-electron chi connectivity index (χ4n) is 2.73. The minimum absolute atomic E-state index is 0.0644. The molecule has 0 aliphatic heterocycles. The molecular weight excluding hydrogens is 499 g/mol. The van der Waals surface area contributed by atoms with E-state index in [0.29, 0.717) is 11.1 Å². The van der Waals surface area contributed by atoms with Crippen molar-refractivity contribution in [2.24, 2.45) is 0 Å². The van der Waals surface area contributed by atoms with E-state index in [2.05, 4.69) is 10.0 Å². The van der Waals surface area contributed by atoms with Crippen LogP contribution in [0.25, 0.3) is 0 Å². The van der Waals surface area contributed by atoms with Crippen LogP contribution in [0.2, 0.25) is 10.0 Å². The Kier molecular flexibility index (Phi) is 6.81. The first-order chi connectivity index (χ1) is 15.5. The Morgan fingerprint density at radius 1 is 0.879 bits per heavy atom. The Bertz CT molecular complexity index is 1380. The molecule has 0 heterocycles. The van der Waals surface area contributed by atoms with Gasteiger partial charge in [0.15, 0.2) is 4.90 Å². The highest BCUT2D eigenvalue weighted by Gasteiger charge is 2.30. The summed E-state index contributed by atoms with van der Waals surface area (Å²) in [5.41, 5.74) is -1.85. The fourth-order valence-corrected chi connectivity index (χ4v) is 4.34. The highest BCUT2D eigenvalue weighted by Crippen LogP contribution is 2.33. The lowest BCUT2D eigenvalue weighted by molar-refractivity contribution is -0.387. The van der Waals surface area contributed by atoms with Crippen molar-refractivity contribution in [2.75, 3.05) is 10.0 Å². The van der Waals surface area contributed by atoms with E-state index in [9.17, 15) is 33.4 Å². The number of rotatable bonds is 7. The molecule has 0 spiro atoms. The van der Waals surface area contributed by atoms with Crippen LogP contribution in [0.3, 0.4) is 0 Å². The first-order valence-electron chi connectivity index (χ1n) is 8.80. The van der Waals surface area contributed by atoms with Gasteiger partial charge in [-0.3, -0.25) is 29.7 Å². The highest BCUT2D eigenvalue weighted by atomic mass is 35.5. The first kappa shape index (κ1) is 23.9. The third-order valence-electron chi connectivity index (χ3n) is 4.22. The number of nitro groups is 2. The van der Waals surface area contributed by atoms with Gasteiger partial charge in [-0.1, -0.05) is 35.3 Å². The van der Waals surface area contributed by atoms with Crippen LogP contribution in [0.5, 0.6) is 0 Å². The van der Waals surface area contributed by atoms with Crippen molar-refractivity contribution in [3.05, 3.63) is 96.5 Å². The third-order valence-corrected chi connectivity index (χ3v) is 6.20. The van der Waals surface area contributed by atoms with Gasteiger partial charge in [-0.15, -0.1) is 0 Å². The molecule has 0 saturated carbocycles. The van der Waals surface area contributed by atoms with Gasteiger partial charge < -0.3 is 5.32 Å². The molecule has 0 unspecified atom stereocenters. The maximum Gasteiger partial charge on any atom is 0.292 e. The second-order valence-electron chi connectivity index (χ2n) is 6.40. The molecule has 0 atom stereocenters. The number of hydrogen-bond acceptors (Lipinski definition) is 7. The molecule has 0 saturated heterocycles. The predicted molar refractivity (Wildman–Crippen MR) is 121 cm³/mol. The minimum atomic E-state index is -4.55. The lowest BCUT2D eigenvalue weighted by Gasteiger charge is -2.12. The minimum Gasteiger partial charge on any atom is -0.316 e. The molecule has 0 aromatic heterocycles. The number of carbonyl (C=O) groups excluding carboxylic acids is 1. The van der Waals surface area contributed by atoms with E-state index >= 15 is 0 Å². The summed E-state index contributed by atoms with van der Waals surface area (Å²) in [5.74, 6) is -1.01. The molecule has 3 aromatic carbocycles. The highest BCUT2D eigenvalue weighted by molar-refractivity contribution is 7.92. The SMILES string of the molecule is O=C(Nc1ccccc1[N+](=O)[O-])c1cc(S(=O)(=O)Nc2ccc(Cl)cc2)c([N+](=O)[O-])cc1Cl. The molecule has 14 heteroatoms. The Morgan fingerprint density at radius 2 is 1.48 bits per heavy atom. The monoisotopic (exact) mass is 510 g/mol. The topological polar surface area (TPSA) is 162 Å². The molecule has 1 amide bonds. The number of amides is 1. The maximum atomic E-state index is 12.9. The number of nitrogens with zero attached hydrogens (tertiary/aromatic N) is 2. The number of nitrogens with one attached hydrogen (secondary N) is 2. The maximum absolute atomic E-state index is 12.9. The van der Waals surface area contributed by atoms with E-state index in [0.717, 1.165) is 12.1 Å². The number of halogens is 2. The summed E-state index contributed by atoms with van der Waals surface area (Å²) in [6.45, 7) is 0. The molecule has 0 aliphatic rings. The van der Waals surface area contributed by atoms with Crippen molar-refractivity contribution in [3.63, 3.8) is 0 Å². The van der Waals surface area contributed by atoms with Gasteiger partial charge >= 0.3 is 0 Å². The first-order valence-corrected chi connectivity index (χ1v) is 11.0. The average Bonchev–Trinajstić information content (AvgIpc) is 2.75. The molecule has 3 rings (SSSR count). The lowest BCUT2D eigenvalue weighted by Crippen LogP contribution is -2.18. The number of sulfonamides is 1. The average molecular weight is 511 g/mol. The largest absolute Gasteiger partial charge is 0.316 e. The van der Waals surface area contributed by atoms with Crippen molar-refractivity contribution in [1.29, 1.82) is 0 Å². The van der Waals surface area contributed by atoms with Gasteiger partial charge in [0.25, 0.3) is 27.3 Å². The summed E-state index contributed by atoms with van der Waals surface area (Å²) < 4.78 is 27.9. The van der Waals surface area contributed by atoms with Crippen molar-refractivity contribution >= 4 is 61.9 Å². The summed E-state index contributed by atoms with van der Waals surface area (Å²) in [5, 5.41) is 24.8. The van der Waals surface area contributed by atoms with Crippen molar-refractivity contribution in [3.8, 4) is 0 Å². The Labute approximate surface area is 196 Å². The van der Waals surface area contributed by atoms with E-state index in [1.54, 1.807) is 0 Å². The predicted octanol–water partition coefficient (Wildman–Crippen LogP) is 4.86. The summed E-state index contributed by atoms with van der Waals surface area (Å²) in [6, 6.07) is 12.2. The molecule has 0 aliphatic carbocycles.